The molecule has 128 valence electrons. The van der Waals surface area contributed by atoms with Gasteiger partial charge in [-0.05, 0) is 19.1 Å². The molecule has 0 aromatic heterocycles. The Bertz CT molecular complexity index is 618. The number of hydrogen-bond acceptors (Lipinski definition) is 3. The van der Waals surface area contributed by atoms with Crippen molar-refractivity contribution < 1.29 is 13.2 Å². The van der Waals surface area contributed by atoms with E-state index in [4.69, 9.17) is 0 Å². The Morgan fingerprint density at radius 3 is 1.30 bits per heavy atom. The fourth-order valence-corrected chi connectivity index (χ4v) is 1.99. The predicted molar refractivity (Wildman–Crippen MR) is 98.7 cm³/mol. The van der Waals surface area contributed by atoms with E-state index < -0.39 is 9.84 Å². The Morgan fingerprint density at radius 1 is 0.739 bits per heavy atom. The van der Waals surface area contributed by atoms with E-state index >= 15 is 0 Å². The number of sulfone groups is 1. The number of carbonyl (C=O) groups is 1. The Hall–Kier alpha value is -1.94. The van der Waals surface area contributed by atoms with Crippen molar-refractivity contribution in [3.8, 4) is 0 Å². The van der Waals surface area contributed by atoms with Crippen LogP contribution in [0.3, 0.4) is 0 Å². The number of Topliss-reactive ketones (excluding diaryl/α,β-unsaturated/α-hetero) is 1. The second kappa shape index (κ2) is 13.7. The lowest BCUT2D eigenvalue weighted by atomic mass is 10.2. The first-order chi connectivity index (χ1) is 10.9. The lowest BCUT2D eigenvalue weighted by Gasteiger charge is -1.93. The van der Waals surface area contributed by atoms with E-state index in [9.17, 15) is 13.2 Å². The molecule has 0 atom stereocenters. The fourth-order valence-electron chi connectivity index (χ4n) is 1.34. The Labute approximate surface area is 141 Å². The summed E-state index contributed by atoms with van der Waals surface area (Å²) in [6, 6.07) is 17.6. The molecule has 0 radical (unpaired) electrons. The molecular formula is C19H28O3S. The summed E-state index contributed by atoms with van der Waals surface area (Å²) in [5.74, 6) is 0.121. The first kappa shape index (κ1) is 23.3. The van der Waals surface area contributed by atoms with Gasteiger partial charge in [-0.1, -0.05) is 76.2 Å². The highest BCUT2D eigenvalue weighted by atomic mass is 32.2. The quantitative estimate of drug-likeness (QED) is 0.723. The first-order valence-corrected chi connectivity index (χ1v) is 9.61. The second-order valence-corrected chi connectivity index (χ2v) is 6.02. The van der Waals surface area contributed by atoms with Crippen LogP contribution in [0.2, 0.25) is 0 Å². The van der Waals surface area contributed by atoms with Gasteiger partial charge < -0.3 is 0 Å². The highest BCUT2D eigenvalue weighted by Crippen LogP contribution is 2.05. The standard InChI is InChI=1S/C8H8O.C7H8O2S.2C2H6/c1-7(9)8-5-3-2-4-6-8;1-10(8,9)7-5-3-2-4-6-7;2*1-2/h2-6H,1H3;2-6H,1H3;2*1-2H3. The summed E-state index contributed by atoms with van der Waals surface area (Å²) in [4.78, 5) is 11.0. The van der Waals surface area contributed by atoms with Gasteiger partial charge in [-0.3, -0.25) is 4.79 Å². The lowest BCUT2D eigenvalue weighted by Crippen LogP contribution is -1.95. The van der Waals surface area contributed by atoms with Gasteiger partial charge in [0.15, 0.2) is 15.6 Å². The normalized spacial score (nSPS) is 8.96. The largest absolute Gasteiger partial charge is 0.295 e. The summed E-state index contributed by atoms with van der Waals surface area (Å²) < 4.78 is 21.7. The molecule has 2 aromatic carbocycles. The molecule has 0 bridgehead atoms. The molecule has 0 N–H and O–H groups in total. The van der Waals surface area contributed by atoms with Crippen LogP contribution in [0.1, 0.15) is 45.0 Å². The zero-order valence-corrected chi connectivity index (χ0v) is 15.7. The van der Waals surface area contributed by atoms with Crippen molar-refractivity contribution in [2.75, 3.05) is 6.26 Å². The SMILES string of the molecule is CC.CC.CC(=O)c1ccccc1.CS(=O)(=O)c1ccccc1. The summed E-state index contributed by atoms with van der Waals surface area (Å²) in [5, 5.41) is 0. The molecule has 2 rings (SSSR count). The van der Waals surface area contributed by atoms with Crippen LogP contribution < -0.4 is 0 Å². The average molecular weight is 336 g/mol. The van der Waals surface area contributed by atoms with Crippen molar-refractivity contribution in [3.63, 3.8) is 0 Å². The van der Waals surface area contributed by atoms with Gasteiger partial charge in [0.1, 0.15) is 0 Å². The van der Waals surface area contributed by atoms with Crippen LogP contribution in [0, 0.1) is 0 Å². The molecule has 0 aliphatic rings. The van der Waals surface area contributed by atoms with Gasteiger partial charge in [-0.25, -0.2) is 8.42 Å². The minimum atomic E-state index is -3.00. The topological polar surface area (TPSA) is 51.2 Å². The Balaban J connectivity index is 0. The number of benzene rings is 2. The zero-order chi connectivity index (χ0) is 18.3. The third-order valence-corrected chi connectivity index (χ3v) is 3.48. The fraction of sp³-hybridized carbons (Fsp3) is 0.316. The molecular weight excluding hydrogens is 308 g/mol. The van der Waals surface area contributed by atoms with Crippen molar-refractivity contribution >= 4 is 15.6 Å². The van der Waals surface area contributed by atoms with E-state index in [2.05, 4.69) is 0 Å². The molecule has 0 amide bonds. The smallest absolute Gasteiger partial charge is 0.175 e. The molecule has 0 aliphatic carbocycles. The molecule has 0 saturated heterocycles. The van der Waals surface area contributed by atoms with Crippen molar-refractivity contribution in [2.24, 2.45) is 0 Å². The summed E-state index contributed by atoms with van der Waals surface area (Å²) in [6.45, 7) is 9.56. The first-order valence-electron chi connectivity index (χ1n) is 7.72. The van der Waals surface area contributed by atoms with Gasteiger partial charge in [0.05, 0.1) is 4.90 Å². The van der Waals surface area contributed by atoms with Crippen LogP contribution in [0.25, 0.3) is 0 Å². The van der Waals surface area contributed by atoms with Crippen molar-refractivity contribution in [1.82, 2.24) is 0 Å². The summed E-state index contributed by atoms with van der Waals surface area (Å²) in [7, 11) is -3.00. The van der Waals surface area contributed by atoms with Gasteiger partial charge in [-0.15, -0.1) is 0 Å². The number of carbonyl (C=O) groups excluding carboxylic acids is 1. The summed E-state index contributed by atoms with van der Waals surface area (Å²) >= 11 is 0. The predicted octanol–water partition coefficient (Wildman–Crippen LogP) is 5.03. The zero-order valence-electron chi connectivity index (χ0n) is 14.9. The van der Waals surface area contributed by atoms with Crippen LogP contribution >= 0.6 is 0 Å². The van der Waals surface area contributed by atoms with Gasteiger partial charge in [0, 0.05) is 11.8 Å². The molecule has 0 spiro atoms. The van der Waals surface area contributed by atoms with Crippen LogP contribution in [0.4, 0.5) is 0 Å². The molecule has 0 fully saturated rings. The lowest BCUT2D eigenvalue weighted by molar-refractivity contribution is 0.101. The third-order valence-electron chi connectivity index (χ3n) is 2.35. The Kier molecular flexibility index (Phi) is 13.9. The maximum absolute atomic E-state index is 10.8. The maximum atomic E-state index is 10.8. The molecule has 3 nitrogen and oxygen atoms in total. The van der Waals surface area contributed by atoms with E-state index in [1.807, 2.05) is 58.0 Å². The van der Waals surface area contributed by atoms with Gasteiger partial charge >= 0.3 is 0 Å². The minimum Gasteiger partial charge on any atom is -0.295 e. The summed E-state index contributed by atoms with van der Waals surface area (Å²) in [5.41, 5.74) is 0.775. The highest BCUT2D eigenvalue weighted by molar-refractivity contribution is 7.90. The van der Waals surface area contributed by atoms with Gasteiger partial charge in [-0.2, -0.15) is 0 Å². The van der Waals surface area contributed by atoms with E-state index in [1.165, 1.54) is 6.26 Å². The second-order valence-electron chi connectivity index (χ2n) is 4.01. The molecule has 0 unspecified atom stereocenters. The van der Waals surface area contributed by atoms with E-state index in [1.54, 1.807) is 37.3 Å². The van der Waals surface area contributed by atoms with Crippen LogP contribution in [-0.4, -0.2) is 20.5 Å². The number of ketones is 1. The van der Waals surface area contributed by atoms with Crippen LogP contribution in [-0.2, 0) is 9.84 Å². The van der Waals surface area contributed by atoms with Crippen LogP contribution in [0.15, 0.2) is 65.6 Å². The number of hydrogen-bond donors (Lipinski definition) is 0. The average Bonchev–Trinajstić information content (AvgIpc) is 2.60. The number of rotatable bonds is 2. The molecule has 2 aromatic rings. The van der Waals surface area contributed by atoms with Crippen molar-refractivity contribution in [2.45, 2.75) is 39.5 Å². The van der Waals surface area contributed by atoms with Crippen LogP contribution in [0.5, 0.6) is 0 Å². The van der Waals surface area contributed by atoms with E-state index in [0.29, 0.717) is 4.90 Å². The van der Waals surface area contributed by atoms with E-state index in [0.717, 1.165) is 5.56 Å². The summed E-state index contributed by atoms with van der Waals surface area (Å²) in [6.07, 6.45) is 1.20. The molecule has 0 aliphatic heterocycles. The Morgan fingerprint density at radius 2 is 1.09 bits per heavy atom. The van der Waals surface area contributed by atoms with Crippen molar-refractivity contribution in [3.05, 3.63) is 66.2 Å². The molecule has 0 heterocycles. The molecule has 0 saturated carbocycles. The maximum Gasteiger partial charge on any atom is 0.175 e. The van der Waals surface area contributed by atoms with Gasteiger partial charge in [0.25, 0.3) is 0 Å². The highest BCUT2D eigenvalue weighted by Gasteiger charge is 2.02. The van der Waals surface area contributed by atoms with E-state index in [-0.39, 0.29) is 5.78 Å². The van der Waals surface area contributed by atoms with Crippen molar-refractivity contribution in [1.29, 1.82) is 0 Å². The molecule has 4 heteroatoms. The monoisotopic (exact) mass is 336 g/mol. The molecule has 23 heavy (non-hydrogen) atoms. The third kappa shape index (κ3) is 11.3. The minimum absolute atomic E-state index is 0.121. The van der Waals surface area contributed by atoms with Gasteiger partial charge in [0.2, 0.25) is 0 Å².